The first-order chi connectivity index (χ1) is 9.74. The van der Waals surface area contributed by atoms with Crippen molar-refractivity contribution in [2.24, 2.45) is 0 Å². The van der Waals surface area contributed by atoms with Crippen LogP contribution in [0.4, 0.5) is 0 Å². The summed E-state index contributed by atoms with van der Waals surface area (Å²) in [7, 11) is 1.57. The minimum Gasteiger partial charge on any atom is -0.481 e. The zero-order chi connectivity index (χ0) is 13.9. The summed E-state index contributed by atoms with van der Waals surface area (Å²) in [5.74, 6) is 1.61. The summed E-state index contributed by atoms with van der Waals surface area (Å²) >= 11 is 0. The minimum atomic E-state index is 0.373. The molecular formula is C12H12N6O2. The molecule has 0 atom stereocenters. The lowest BCUT2D eigenvalue weighted by atomic mass is 10.3. The average Bonchev–Trinajstić information content (AvgIpc) is 3.09. The Bertz CT molecular complexity index is 720. The molecule has 102 valence electrons. The second-order valence-corrected chi connectivity index (χ2v) is 4.10. The lowest BCUT2D eigenvalue weighted by Crippen LogP contribution is -2.00. The molecule has 0 aliphatic heterocycles. The molecule has 0 bridgehead atoms. The molecule has 0 amide bonds. The van der Waals surface area contributed by atoms with Crippen molar-refractivity contribution in [3.8, 4) is 17.3 Å². The number of aromatic nitrogens is 6. The van der Waals surface area contributed by atoms with E-state index in [-0.39, 0.29) is 0 Å². The third-order valence-electron chi connectivity index (χ3n) is 2.60. The SMILES string of the molecule is COc1cccc(-c2cn(Cc3nc(C)no3)nn2)n1. The minimum absolute atomic E-state index is 0.373. The summed E-state index contributed by atoms with van der Waals surface area (Å²) in [6.07, 6.45) is 1.77. The zero-order valence-electron chi connectivity index (χ0n) is 11.0. The van der Waals surface area contributed by atoms with Crippen LogP contribution in [0.1, 0.15) is 11.7 Å². The molecule has 0 fully saturated rings. The van der Waals surface area contributed by atoms with E-state index in [2.05, 4.69) is 25.4 Å². The van der Waals surface area contributed by atoms with E-state index in [1.165, 1.54) is 0 Å². The molecular weight excluding hydrogens is 260 g/mol. The second-order valence-electron chi connectivity index (χ2n) is 4.10. The lowest BCUT2D eigenvalue weighted by Gasteiger charge is -1.99. The fraction of sp³-hybridized carbons (Fsp3) is 0.250. The van der Waals surface area contributed by atoms with E-state index in [9.17, 15) is 0 Å². The molecule has 0 saturated carbocycles. The highest BCUT2D eigenvalue weighted by Crippen LogP contribution is 2.17. The Labute approximate surface area is 114 Å². The molecule has 3 aromatic heterocycles. The number of nitrogens with zero attached hydrogens (tertiary/aromatic N) is 6. The number of aryl methyl sites for hydroxylation is 1. The number of rotatable bonds is 4. The molecule has 0 aromatic carbocycles. The summed E-state index contributed by atoms with van der Waals surface area (Å²) in [4.78, 5) is 8.41. The second kappa shape index (κ2) is 5.08. The monoisotopic (exact) mass is 272 g/mol. The molecule has 8 nitrogen and oxygen atoms in total. The maximum Gasteiger partial charge on any atom is 0.248 e. The Morgan fingerprint density at radius 1 is 1.25 bits per heavy atom. The molecule has 8 heteroatoms. The van der Waals surface area contributed by atoms with Gasteiger partial charge in [-0.05, 0) is 13.0 Å². The van der Waals surface area contributed by atoms with Crippen LogP contribution in [-0.4, -0.2) is 37.2 Å². The molecule has 0 aliphatic rings. The maximum absolute atomic E-state index is 5.08. The highest BCUT2D eigenvalue weighted by Gasteiger charge is 2.09. The maximum atomic E-state index is 5.08. The molecule has 3 heterocycles. The van der Waals surface area contributed by atoms with Crippen molar-refractivity contribution in [3.63, 3.8) is 0 Å². The third-order valence-corrected chi connectivity index (χ3v) is 2.60. The molecule has 0 radical (unpaired) electrons. The molecule has 0 aliphatic carbocycles. The first-order valence-electron chi connectivity index (χ1n) is 5.95. The van der Waals surface area contributed by atoms with Gasteiger partial charge in [0.15, 0.2) is 5.82 Å². The zero-order valence-corrected chi connectivity index (χ0v) is 11.0. The molecule has 0 N–H and O–H groups in total. The van der Waals surface area contributed by atoms with Crippen molar-refractivity contribution in [3.05, 3.63) is 36.1 Å². The van der Waals surface area contributed by atoms with Crippen molar-refractivity contribution in [2.45, 2.75) is 13.5 Å². The van der Waals surface area contributed by atoms with Crippen molar-refractivity contribution in [2.75, 3.05) is 7.11 Å². The van der Waals surface area contributed by atoms with Gasteiger partial charge in [0.2, 0.25) is 11.8 Å². The third kappa shape index (κ3) is 2.48. The highest BCUT2D eigenvalue weighted by atomic mass is 16.5. The van der Waals surface area contributed by atoms with E-state index in [0.717, 1.165) is 0 Å². The Morgan fingerprint density at radius 3 is 2.90 bits per heavy atom. The van der Waals surface area contributed by atoms with Gasteiger partial charge in [-0.2, -0.15) is 4.98 Å². The van der Waals surface area contributed by atoms with E-state index in [4.69, 9.17) is 9.26 Å². The Kier molecular flexibility index (Phi) is 3.12. The fourth-order valence-electron chi connectivity index (χ4n) is 1.71. The summed E-state index contributed by atoms with van der Waals surface area (Å²) in [5, 5.41) is 11.8. The quantitative estimate of drug-likeness (QED) is 0.701. The first-order valence-corrected chi connectivity index (χ1v) is 5.95. The predicted molar refractivity (Wildman–Crippen MR) is 67.9 cm³/mol. The van der Waals surface area contributed by atoms with E-state index < -0.39 is 0 Å². The normalized spacial score (nSPS) is 10.7. The van der Waals surface area contributed by atoms with Crippen LogP contribution >= 0.6 is 0 Å². The van der Waals surface area contributed by atoms with Crippen LogP contribution in [0, 0.1) is 6.92 Å². The molecule has 3 rings (SSSR count). The van der Waals surface area contributed by atoms with Gasteiger partial charge in [0.05, 0.1) is 19.0 Å². The van der Waals surface area contributed by atoms with E-state index in [1.807, 2.05) is 12.1 Å². The molecule has 0 spiro atoms. The van der Waals surface area contributed by atoms with Gasteiger partial charge in [0.1, 0.15) is 12.2 Å². The molecule has 0 saturated heterocycles. The topological polar surface area (TPSA) is 91.8 Å². The van der Waals surface area contributed by atoms with Crippen LogP contribution in [0.25, 0.3) is 11.4 Å². The van der Waals surface area contributed by atoms with Gasteiger partial charge in [-0.25, -0.2) is 9.67 Å². The van der Waals surface area contributed by atoms with E-state index in [0.29, 0.717) is 35.5 Å². The van der Waals surface area contributed by atoms with E-state index >= 15 is 0 Å². The van der Waals surface area contributed by atoms with Gasteiger partial charge in [-0.15, -0.1) is 5.10 Å². The number of hydrogen-bond acceptors (Lipinski definition) is 7. The van der Waals surface area contributed by atoms with Crippen molar-refractivity contribution in [1.29, 1.82) is 0 Å². The summed E-state index contributed by atoms with van der Waals surface area (Å²) < 4.78 is 11.7. The van der Waals surface area contributed by atoms with Gasteiger partial charge in [0.25, 0.3) is 0 Å². The van der Waals surface area contributed by atoms with Crippen molar-refractivity contribution in [1.82, 2.24) is 30.1 Å². The summed E-state index contributed by atoms with van der Waals surface area (Å²) in [5.41, 5.74) is 1.34. The van der Waals surface area contributed by atoms with Crippen LogP contribution in [0.5, 0.6) is 5.88 Å². The van der Waals surface area contributed by atoms with Gasteiger partial charge >= 0.3 is 0 Å². The largest absolute Gasteiger partial charge is 0.481 e. The van der Waals surface area contributed by atoms with Crippen LogP contribution in [0.3, 0.4) is 0 Å². The molecule has 0 unspecified atom stereocenters. The number of pyridine rings is 1. The number of methoxy groups -OCH3 is 1. The fourth-order valence-corrected chi connectivity index (χ4v) is 1.71. The lowest BCUT2D eigenvalue weighted by molar-refractivity contribution is 0.361. The molecule has 20 heavy (non-hydrogen) atoms. The summed E-state index contributed by atoms with van der Waals surface area (Å²) in [6.45, 7) is 2.14. The standard InChI is InChI=1S/C12H12N6O2/c1-8-13-12(20-16-8)7-18-6-10(15-17-18)9-4-3-5-11(14-9)19-2/h3-6H,7H2,1-2H3. The van der Waals surface area contributed by atoms with Crippen LogP contribution in [-0.2, 0) is 6.54 Å². The predicted octanol–water partition coefficient (Wildman–Crippen LogP) is 1.09. The smallest absolute Gasteiger partial charge is 0.248 e. The average molecular weight is 272 g/mol. The van der Waals surface area contributed by atoms with Gasteiger partial charge in [-0.3, -0.25) is 0 Å². The summed E-state index contributed by atoms with van der Waals surface area (Å²) in [6, 6.07) is 5.46. The van der Waals surface area contributed by atoms with Crippen molar-refractivity contribution < 1.29 is 9.26 Å². The van der Waals surface area contributed by atoms with Crippen LogP contribution < -0.4 is 4.74 Å². The highest BCUT2D eigenvalue weighted by molar-refractivity contribution is 5.52. The van der Waals surface area contributed by atoms with Crippen LogP contribution in [0.2, 0.25) is 0 Å². The van der Waals surface area contributed by atoms with E-state index in [1.54, 1.807) is 31.0 Å². The van der Waals surface area contributed by atoms with Gasteiger partial charge in [-0.1, -0.05) is 16.4 Å². The Balaban J connectivity index is 1.82. The van der Waals surface area contributed by atoms with Crippen molar-refractivity contribution >= 4 is 0 Å². The number of ether oxygens (including phenoxy) is 1. The number of hydrogen-bond donors (Lipinski definition) is 0. The Morgan fingerprint density at radius 2 is 2.15 bits per heavy atom. The van der Waals surface area contributed by atoms with Crippen LogP contribution in [0.15, 0.2) is 28.9 Å². The van der Waals surface area contributed by atoms with Gasteiger partial charge in [0, 0.05) is 6.07 Å². The Hall–Kier alpha value is -2.77. The first kappa shape index (κ1) is 12.3. The van der Waals surface area contributed by atoms with Gasteiger partial charge < -0.3 is 9.26 Å². The molecule has 3 aromatic rings.